The molecule has 2 aromatic carbocycles. The van der Waals surface area contributed by atoms with E-state index in [1.165, 1.54) is 11.3 Å². The van der Waals surface area contributed by atoms with Crippen molar-refractivity contribution in [2.75, 3.05) is 13.1 Å². The molecule has 3 aromatic rings. The number of hydrogen-bond acceptors (Lipinski definition) is 6. The molecule has 8 heteroatoms. The summed E-state index contributed by atoms with van der Waals surface area (Å²) >= 11 is 1.31. The van der Waals surface area contributed by atoms with Gasteiger partial charge in [0.15, 0.2) is 0 Å². The van der Waals surface area contributed by atoms with E-state index in [1.54, 1.807) is 16.6 Å². The molecule has 7 nitrogen and oxygen atoms in total. The lowest BCUT2D eigenvalue weighted by Gasteiger charge is -2.18. The highest BCUT2D eigenvalue weighted by Crippen LogP contribution is 2.22. The zero-order chi connectivity index (χ0) is 22.3. The molecule has 0 bridgehead atoms. The van der Waals surface area contributed by atoms with Crippen LogP contribution in [0.3, 0.4) is 0 Å². The number of carbonyl (C=O) groups is 2. The van der Waals surface area contributed by atoms with E-state index >= 15 is 0 Å². The van der Waals surface area contributed by atoms with Crippen molar-refractivity contribution >= 4 is 23.3 Å². The van der Waals surface area contributed by atoms with Crippen molar-refractivity contribution in [1.29, 1.82) is 0 Å². The third-order valence-electron chi connectivity index (χ3n) is 5.29. The average Bonchev–Trinajstić information content (AvgIpc) is 3.51. The number of aromatic nitrogens is 1. The number of likely N-dealkylation sites (tertiary alicyclic amines) is 1. The second-order valence-electron chi connectivity index (χ2n) is 7.64. The summed E-state index contributed by atoms with van der Waals surface area (Å²) in [5.41, 5.74) is 3.58. The van der Waals surface area contributed by atoms with Gasteiger partial charge in [-0.25, -0.2) is 4.79 Å². The highest BCUT2D eigenvalue weighted by Gasteiger charge is 2.28. The van der Waals surface area contributed by atoms with Crippen LogP contribution in [-0.2, 0) is 11.3 Å². The van der Waals surface area contributed by atoms with Crippen LogP contribution in [0.2, 0.25) is 0 Å². The predicted molar refractivity (Wildman–Crippen MR) is 122 cm³/mol. The summed E-state index contributed by atoms with van der Waals surface area (Å²) in [6, 6.07) is 17.1. The monoisotopic (exact) mass is 451 g/mol. The van der Waals surface area contributed by atoms with E-state index in [-0.39, 0.29) is 30.8 Å². The van der Waals surface area contributed by atoms with Crippen LogP contribution in [-0.4, -0.2) is 41.1 Å². The number of nitrogens with zero attached hydrogens (tertiary/aromatic N) is 2. The number of hydrogen-bond donors (Lipinski definition) is 1. The molecule has 1 saturated heterocycles. The lowest BCUT2D eigenvalue weighted by atomic mass is 10.1. The van der Waals surface area contributed by atoms with Gasteiger partial charge < -0.3 is 19.7 Å². The van der Waals surface area contributed by atoms with Crippen LogP contribution in [0.15, 0.2) is 66.3 Å². The molecule has 1 aromatic heterocycles. The Morgan fingerprint density at radius 2 is 1.97 bits per heavy atom. The topological polar surface area (TPSA) is 80.8 Å². The lowest BCUT2D eigenvalue weighted by molar-refractivity contribution is 0.0942. The van der Waals surface area contributed by atoms with E-state index in [2.05, 4.69) is 10.3 Å². The molecule has 2 amide bonds. The Labute approximate surface area is 191 Å². The SMILES string of the molecule is C[C@H](NC(=O)c1cncs1)c1ccc(OC2CCN(C(=O)OCc3ccccc3)C2)cc1. The molecule has 1 N–H and O–H groups in total. The van der Waals surface area contributed by atoms with E-state index in [1.807, 2.05) is 61.5 Å². The van der Waals surface area contributed by atoms with E-state index < -0.39 is 0 Å². The van der Waals surface area contributed by atoms with Crippen molar-refractivity contribution in [2.24, 2.45) is 0 Å². The molecule has 1 aliphatic heterocycles. The second-order valence-corrected chi connectivity index (χ2v) is 8.53. The number of thiazole rings is 1. The molecular weight excluding hydrogens is 426 g/mol. The van der Waals surface area contributed by atoms with E-state index in [4.69, 9.17) is 9.47 Å². The predicted octanol–water partition coefficient (Wildman–Crippen LogP) is 4.42. The molecule has 1 fully saturated rings. The van der Waals surface area contributed by atoms with Crippen LogP contribution in [0, 0.1) is 0 Å². The van der Waals surface area contributed by atoms with Gasteiger partial charge in [-0.05, 0) is 30.2 Å². The molecule has 4 rings (SSSR count). The zero-order valence-electron chi connectivity index (χ0n) is 17.8. The van der Waals surface area contributed by atoms with Gasteiger partial charge in [-0.1, -0.05) is 42.5 Å². The van der Waals surface area contributed by atoms with Gasteiger partial charge in [-0.3, -0.25) is 9.78 Å². The minimum absolute atomic E-state index is 0.0754. The number of rotatable bonds is 7. The minimum Gasteiger partial charge on any atom is -0.489 e. The molecule has 2 atom stereocenters. The smallest absolute Gasteiger partial charge is 0.410 e. The quantitative estimate of drug-likeness (QED) is 0.575. The first kappa shape index (κ1) is 21.8. The summed E-state index contributed by atoms with van der Waals surface area (Å²) in [4.78, 5) is 30.7. The average molecular weight is 452 g/mol. The van der Waals surface area contributed by atoms with Crippen molar-refractivity contribution in [1.82, 2.24) is 15.2 Å². The van der Waals surface area contributed by atoms with E-state index in [0.717, 1.165) is 23.3 Å². The van der Waals surface area contributed by atoms with Gasteiger partial charge in [0.25, 0.3) is 5.91 Å². The Bertz CT molecular complexity index is 1030. The molecule has 0 saturated carbocycles. The molecular formula is C24H25N3O4S. The molecule has 0 spiro atoms. The molecule has 1 unspecified atom stereocenters. The Morgan fingerprint density at radius 1 is 1.19 bits per heavy atom. The highest BCUT2D eigenvalue weighted by atomic mass is 32.1. The second kappa shape index (κ2) is 10.3. The molecule has 0 aliphatic carbocycles. The van der Waals surface area contributed by atoms with Gasteiger partial charge in [-0.2, -0.15) is 0 Å². The van der Waals surface area contributed by atoms with Crippen molar-refractivity contribution in [3.05, 3.63) is 82.3 Å². The normalized spacial score (nSPS) is 16.4. The summed E-state index contributed by atoms with van der Waals surface area (Å²) in [7, 11) is 0. The summed E-state index contributed by atoms with van der Waals surface area (Å²) < 4.78 is 11.5. The van der Waals surface area contributed by atoms with Gasteiger partial charge in [0.05, 0.1) is 24.3 Å². The van der Waals surface area contributed by atoms with Crippen LogP contribution in [0.5, 0.6) is 5.75 Å². The fourth-order valence-electron chi connectivity index (χ4n) is 3.51. The van der Waals surface area contributed by atoms with E-state index in [0.29, 0.717) is 18.0 Å². The van der Waals surface area contributed by atoms with Gasteiger partial charge in [0.1, 0.15) is 23.3 Å². The van der Waals surface area contributed by atoms with Gasteiger partial charge in [-0.15, -0.1) is 11.3 Å². The summed E-state index contributed by atoms with van der Waals surface area (Å²) in [6.45, 7) is 3.30. The summed E-state index contributed by atoms with van der Waals surface area (Å²) in [6.07, 6.45) is 1.92. The fraction of sp³-hybridized carbons (Fsp3) is 0.292. The number of nitrogens with one attached hydrogen (secondary N) is 1. The van der Waals surface area contributed by atoms with Gasteiger partial charge >= 0.3 is 6.09 Å². The zero-order valence-corrected chi connectivity index (χ0v) is 18.6. The summed E-state index contributed by atoms with van der Waals surface area (Å²) in [5.74, 6) is 0.602. The molecule has 2 heterocycles. The first-order valence-corrected chi connectivity index (χ1v) is 11.4. The van der Waals surface area contributed by atoms with Crippen molar-refractivity contribution in [2.45, 2.75) is 32.1 Å². The maximum absolute atomic E-state index is 12.3. The van der Waals surface area contributed by atoms with Crippen molar-refractivity contribution < 1.29 is 19.1 Å². The maximum Gasteiger partial charge on any atom is 0.410 e. The lowest BCUT2D eigenvalue weighted by Crippen LogP contribution is -2.31. The third kappa shape index (κ3) is 5.64. The Hall–Kier alpha value is -3.39. The maximum atomic E-state index is 12.3. The first-order valence-electron chi connectivity index (χ1n) is 10.5. The standard InChI is InChI=1S/C24H25N3O4S/c1-17(26-23(28)22-13-25-16-32-22)19-7-9-20(10-8-19)31-21-11-12-27(14-21)24(29)30-15-18-5-3-2-4-6-18/h2-10,13,16-17,21H,11-12,14-15H2,1H3,(H,26,28)/t17-,21?/m0/s1. The number of amides is 2. The molecule has 32 heavy (non-hydrogen) atoms. The van der Waals surface area contributed by atoms with Crippen LogP contribution in [0.4, 0.5) is 4.79 Å². The van der Waals surface area contributed by atoms with Crippen LogP contribution >= 0.6 is 11.3 Å². The molecule has 1 aliphatic rings. The highest BCUT2D eigenvalue weighted by molar-refractivity contribution is 7.11. The Balaban J connectivity index is 1.24. The molecule has 166 valence electrons. The largest absolute Gasteiger partial charge is 0.489 e. The van der Waals surface area contributed by atoms with Crippen LogP contribution in [0.1, 0.15) is 40.2 Å². The number of benzene rings is 2. The third-order valence-corrected chi connectivity index (χ3v) is 6.07. The van der Waals surface area contributed by atoms with Gasteiger partial charge in [0.2, 0.25) is 0 Å². The molecule has 0 radical (unpaired) electrons. The number of ether oxygens (including phenoxy) is 2. The van der Waals surface area contributed by atoms with Crippen molar-refractivity contribution in [3.8, 4) is 5.75 Å². The van der Waals surface area contributed by atoms with Crippen molar-refractivity contribution in [3.63, 3.8) is 0 Å². The first-order chi connectivity index (χ1) is 15.6. The Morgan fingerprint density at radius 3 is 2.69 bits per heavy atom. The summed E-state index contributed by atoms with van der Waals surface area (Å²) in [5, 5.41) is 2.97. The minimum atomic E-state index is -0.319. The Kier molecular flexibility index (Phi) is 7.01. The van der Waals surface area contributed by atoms with Crippen LogP contribution in [0.25, 0.3) is 0 Å². The van der Waals surface area contributed by atoms with E-state index in [9.17, 15) is 9.59 Å². The fourth-order valence-corrected chi connectivity index (χ4v) is 4.03. The van der Waals surface area contributed by atoms with Gasteiger partial charge in [0, 0.05) is 13.0 Å². The van der Waals surface area contributed by atoms with Crippen LogP contribution < -0.4 is 10.1 Å². The number of carbonyl (C=O) groups excluding carboxylic acids is 2.